The van der Waals surface area contributed by atoms with Gasteiger partial charge in [-0.05, 0) is 43.2 Å². The SMILES string of the molecule is O=C(NCCn1nc(C2CC2)ccc1=O)Nc1ccc(F)cc1. The van der Waals surface area contributed by atoms with Crippen molar-refractivity contribution in [2.24, 2.45) is 0 Å². The van der Waals surface area contributed by atoms with Crippen molar-refractivity contribution >= 4 is 11.7 Å². The summed E-state index contributed by atoms with van der Waals surface area (Å²) < 4.78 is 14.1. The van der Waals surface area contributed by atoms with Gasteiger partial charge in [-0.1, -0.05) is 0 Å². The number of amides is 2. The minimum absolute atomic E-state index is 0.185. The molecule has 0 spiro atoms. The Morgan fingerprint density at radius 1 is 1.22 bits per heavy atom. The molecular weight excluding hydrogens is 299 g/mol. The van der Waals surface area contributed by atoms with Crippen LogP contribution in [-0.4, -0.2) is 22.4 Å². The molecule has 7 heteroatoms. The van der Waals surface area contributed by atoms with Crippen LogP contribution in [0.4, 0.5) is 14.9 Å². The minimum atomic E-state index is -0.414. The van der Waals surface area contributed by atoms with Crippen LogP contribution >= 0.6 is 0 Å². The number of hydrogen-bond acceptors (Lipinski definition) is 3. The van der Waals surface area contributed by atoms with Crippen LogP contribution in [0.15, 0.2) is 41.2 Å². The Bertz CT molecular complexity index is 753. The summed E-state index contributed by atoms with van der Waals surface area (Å²) in [6.07, 6.45) is 2.23. The first kappa shape index (κ1) is 15.2. The van der Waals surface area contributed by atoms with E-state index >= 15 is 0 Å². The van der Waals surface area contributed by atoms with Crippen LogP contribution < -0.4 is 16.2 Å². The van der Waals surface area contributed by atoms with Gasteiger partial charge in [-0.2, -0.15) is 5.10 Å². The van der Waals surface area contributed by atoms with E-state index in [-0.39, 0.29) is 17.9 Å². The number of nitrogens with one attached hydrogen (secondary N) is 2. The van der Waals surface area contributed by atoms with Gasteiger partial charge < -0.3 is 10.6 Å². The van der Waals surface area contributed by atoms with Gasteiger partial charge in [-0.15, -0.1) is 0 Å². The molecule has 1 aliphatic carbocycles. The van der Waals surface area contributed by atoms with Crippen molar-refractivity contribution in [3.8, 4) is 0 Å². The van der Waals surface area contributed by atoms with E-state index in [4.69, 9.17) is 0 Å². The average molecular weight is 316 g/mol. The molecule has 120 valence electrons. The zero-order valence-corrected chi connectivity index (χ0v) is 12.5. The van der Waals surface area contributed by atoms with Gasteiger partial charge in [-0.3, -0.25) is 4.79 Å². The first-order valence-electron chi connectivity index (χ1n) is 7.50. The lowest BCUT2D eigenvalue weighted by atomic mass is 10.3. The summed E-state index contributed by atoms with van der Waals surface area (Å²) in [7, 11) is 0. The highest BCUT2D eigenvalue weighted by atomic mass is 19.1. The lowest BCUT2D eigenvalue weighted by Crippen LogP contribution is -2.34. The fourth-order valence-electron chi connectivity index (χ4n) is 2.21. The van der Waals surface area contributed by atoms with Gasteiger partial charge in [0, 0.05) is 24.2 Å². The summed E-state index contributed by atoms with van der Waals surface area (Å²) in [6.45, 7) is 0.574. The number of carbonyl (C=O) groups excluding carboxylic acids is 1. The highest BCUT2D eigenvalue weighted by Crippen LogP contribution is 2.38. The molecule has 3 rings (SSSR count). The summed E-state index contributed by atoms with van der Waals surface area (Å²) in [4.78, 5) is 23.5. The Morgan fingerprint density at radius 3 is 2.65 bits per heavy atom. The molecule has 2 N–H and O–H groups in total. The minimum Gasteiger partial charge on any atom is -0.336 e. The molecule has 0 atom stereocenters. The number of benzene rings is 1. The predicted molar refractivity (Wildman–Crippen MR) is 83.9 cm³/mol. The summed E-state index contributed by atoms with van der Waals surface area (Å²) in [5.41, 5.74) is 1.24. The molecule has 2 amide bonds. The molecule has 1 fully saturated rings. The molecule has 1 aliphatic rings. The Labute approximate surface area is 132 Å². The standard InChI is InChI=1S/C16H17FN4O2/c17-12-3-5-13(6-4-12)19-16(23)18-9-10-21-15(22)8-7-14(20-21)11-1-2-11/h3-8,11H,1-2,9-10H2,(H2,18,19,23). The van der Waals surface area contributed by atoms with Crippen LogP contribution in [-0.2, 0) is 6.54 Å². The van der Waals surface area contributed by atoms with E-state index < -0.39 is 6.03 Å². The molecule has 1 heterocycles. The average Bonchev–Trinajstić information content (AvgIpc) is 3.36. The van der Waals surface area contributed by atoms with Gasteiger partial charge in [0.1, 0.15) is 5.82 Å². The number of anilines is 1. The molecule has 1 saturated carbocycles. The Kier molecular flexibility index (Phi) is 4.36. The van der Waals surface area contributed by atoms with Crippen molar-refractivity contribution in [3.05, 3.63) is 58.3 Å². The largest absolute Gasteiger partial charge is 0.336 e. The quantitative estimate of drug-likeness (QED) is 0.887. The molecule has 0 bridgehead atoms. The molecule has 23 heavy (non-hydrogen) atoms. The van der Waals surface area contributed by atoms with Gasteiger partial charge in [0.05, 0.1) is 12.2 Å². The van der Waals surface area contributed by atoms with Gasteiger partial charge in [-0.25, -0.2) is 13.9 Å². The first-order chi connectivity index (χ1) is 11.1. The highest BCUT2D eigenvalue weighted by molar-refractivity contribution is 5.89. The number of halogens is 1. The maximum Gasteiger partial charge on any atom is 0.319 e. The van der Waals surface area contributed by atoms with Gasteiger partial charge in [0.15, 0.2) is 0 Å². The maximum absolute atomic E-state index is 12.8. The summed E-state index contributed by atoms with van der Waals surface area (Å²) in [6, 6.07) is 8.35. The number of aromatic nitrogens is 2. The van der Waals surface area contributed by atoms with E-state index in [9.17, 15) is 14.0 Å². The Balaban J connectivity index is 1.50. The van der Waals surface area contributed by atoms with Crippen molar-refractivity contribution in [3.63, 3.8) is 0 Å². The van der Waals surface area contributed by atoms with Crippen molar-refractivity contribution in [2.75, 3.05) is 11.9 Å². The van der Waals surface area contributed by atoms with Gasteiger partial charge in [0.2, 0.25) is 0 Å². The topological polar surface area (TPSA) is 76.0 Å². The van der Waals surface area contributed by atoms with Crippen molar-refractivity contribution < 1.29 is 9.18 Å². The molecule has 1 aromatic heterocycles. The molecule has 0 radical (unpaired) electrons. The summed E-state index contributed by atoms with van der Waals surface area (Å²) in [5, 5.41) is 9.54. The van der Waals surface area contributed by atoms with Crippen LogP contribution in [0.25, 0.3) is 0 Å². The molecule has 6 nitrogen and oxygen atoms in total. The predicted octanol–water partition coefficient (Wildman–Crippen LogP) is 2.08. The van der Waals surface area contributed by atoms with Crippen molar-refractivity contribution in [1.29, 1.82) is 0 Å². The number of rotatable bonds is 5. The van der Waals surface area contributed by atoms with E-state index in [0.717, 1.165) is 18.5 Å². The normalized spacial score (nSPS) is 13.6. The number of urea groups is 1. The monoisotopic (exact) mass is 316 g/mol. The third-order valence-electron chi connectivity index (χ3n) is 3.59. The Morgan fingerprint density at radius 2 is 1.96 bits per heavy atom. The molecular formula is C16H17FN4O2. The second-order valence-electron chi connectivity index (χ2n) is 5.48. The third kappa shape index (κ3) is 4.15. The fraction of sp³-hybridized carbons (Fsp3) is 0.312. The smallest absolute Gasteiger partial charge is 0.319 e. The number of hydrogen-bond donors (Lipinski definition) is 2. The van der Waals surface area contributed by atoms with E-state index in [2.05, 4.69) is 15.7 Å². The van der Waals surface area contributed by atoms with Crippen molar-refractivity contribution in [2.45, 2.75) is 25.3 Å². The zero-order chi connectivity index (χ0) is 16.2. The molecule has 0 saturated heterocycles. The van der Waals surface area contributed by atoms with E-state index in [0.29, 0.717) is 18.2 Å². The number of carbonyl (C=O) groups is 1. The van der Waals surface area contributed by atoms with Crippen LogP contribution in [0.1, 0.15) is 24.5 Å². The second-order valence-corrected chi connectivity index (χ2v) is 5.48. The van der Waals surface area contributed by atoms with E-state index in [1.165, 1.54) is 35.0 Å². The fourth-order valence-corrected chi connectivity index (χ4v) is 2.21. The molecule has 0 unspecified atom stereocenters. The highest BCUT2D eigenvalue weighted by Gasteiger charge is 2.25. The summed E-state index contributed by atoms with van der Waals surface area (Å²) >= 11 is 0. The zero-order valence-electron chi connectivity index (χ0n) is 12.5. The van der Waals surface area contributed by atoms with Crippen LogP contribution in [0.2, 0.25) is 0 Å². The molecule has 1 aromatic carbocycles. The van der Waals surface area contributed by atoms with Crippen molar-refractivity contribution in [1.82, 2.24) is 15.1 Å². The van der Waals surface area contributed by atoms with Crippen LogP contribution in [0, 0.1) is 5.82 Å². The molecule has 2 aromatic rings. The van der Waals surface area contributed by atoms with Crippen LogP contribution in [0.5, 0.6) is 0 Å². The lowest BCUT2D eigenvalue weighted by Gasteiger charge is -2.09. The number of nitrogens with zero attached hydrogens (tertiary/aromatic N) is 2. The van der Waals surface area contributed by atoms with E-state index in [1.54, 1.807) is 6.07 Å². The Hall–Kier alpha value is -2.70. The van der Waals surface area contributed by atoms with Gasteiger partial charge in [0.25, 0.3) is 5.56 Å². The van der Waals surface area contributed by atoms with E-state index in [1.807, 2.05) is 0 Å². The maximum atomic E-state index is 12.8. The molecule has 0 aliphatic heterocycles. The van der Waals surface area contributed by atoms with Crippen LogP contribution in [0.3, 0.4) is 0 Å². The summed E-state index contributed by atoms with van der Waals surface area (Å²) in [5.74, 6) is 0.105. The third-order valence-corrected chi connectivity index (χ3v) is 3.59. The first-order valence-corrected chi connectivity index (χ1v) is 7.50. The van der Waals surface area contributed by atoms with Gasteiger partial charge >= 0.3 is 6.03 Å². The second kappa shape index (κ2) is 6.60. The lowest BCUT2D eigenvalue weighted by molar-refractivity contribution is 0.251.